The first-order valence-corrected chi connectivity index (χ1v) is 10.2. The van der Waals surface area contributed by atoms with Gasteiger partial charge in [-0.1, -0.05) is 44.2 Å². The lowest BCUT2D eigenvalue weighted by molar-refractivity contribution is -0.141. The lowest BCUT2D eigenvalue weighted by Gasteiger charge is -2.16. The minimum absolute atomic E-state index is 0.0532. The molecule has 152 valence electrons. The third-order valence-corrected chi connectivity index (χ3v) is 5.76. The predicted octanol–water partition coefficient (Wildman–Crippen LogP) is 2.59. The van der Waals surface area contributed by atoms with Crippen LogP contribution in [0.1, 0.15) is 30.9 Å². The average Bonchev–Trinajstić information content (AvgIpc) is 2.73. The molecular formula is C21H23N3O4S. The zero-order valence-corrected chi connectivity index (χ0v) is 17.7. The van der Waals surface area contributed by atoms with Gasteiger partial charge in [0.25, 0.3) is 5.56 Å². The van der Waals surface area contributed by atoms with Gasteiger partial charge in [0, 0.05) is 25.2 Å². The Labute approximate surface area is 172 Å². The third-order valence-electron chi connectivity index (χ3n) is 4.65. The Morgan fingerprint density at radius 2 is 1.83 bits per heavy atom. The van der Waals surface area contributed by atoms with Crippen molar-refractivity contribution in [2.45, 2.75) is 31.3 Å². The number of hydrogen-bond acceptors (Lipinski definition) is 6. The lowest BCUT2D eigenvalue weighted by atomic mass is 10.0. The van der Waals surface area contributed by atoms with Crippen LogP contribution in [0.2, 0.25) is 0 Å². The maximum atomic E-state index is 12.8. The van der Waals surface area contributed by atoms with Gasteiger partial charge in [-0.2, -0.15) is 0 Å². The van der Waals surface area contributed by atoms with E-state index in [0.29, 0.717) is 15.9 Å². The SMILES string of the molecule is CC(C)c1cnc2c(c1SCC(=O)OCc1ccccc1)c(=O)n(C)c(=O)n2C. The van der Waals surface area contributed by atoms with Crippen molar-refractivity contribution in [2.24, 2.45) is 14.1 Å². The Kier molecular flexibility index (Phi) is 6.22. The van der Waals surface area contributed by atoms with E-state index in [4.69, 9.17) is 4.74 Å². The van der Waals surface area contributed by atoms with E-state index in [-0.39, 0.29) is 24.2 Å². The predicted molar refractivity (Wildman–Crippen MR) is 113 cm³/mol. The minimum atomic E-state index is -0.439. The van der Waals surface area contributed by atoms with Gasteiger partial charge >= 0.3 is 11.7 Å². The summed E-state index contributed by atoms with van der Waals surface area (Å²) >= 11 is 1.24. The second kappa shape index (κ2) is 8.65. The van der Waals surface area contributed by atoms with Crippen LogP contribution in [0.5, 0.6) is 0 Å². The first-order chi connectivity index (χ1) is 13.8. The zero-order chi connectivity index (χ0) is 21.1. The molecule has 0 amide bonds. The Morgan fingerprint density at radius 3 is 2.48 bits per heavy atom. The fourth-order valence-electron chi connectivity index (χ4n) is 2.99. The quantitative estimate of drug-likeness (QED) is 0.456. The van der Waals surface area contributed by atoms with Gasteiger partial charge in [0.2, 0.25) is 0 Å². The monoisotopic (exact) mass is 413 g/mol. The highest BCUT2D eigenvalue weighted by Gasteiger charge is 2.20. The van der Waals surface area contributed by atoms with Crippen molar-refractivity contribution < 1.29 is 9.53 Å². The first-order valence-electron chi connectivity index (χ1n) is 9.22. The molecule has 0 saturated heterocycles. The van der Waals surface area contributed by atoms with Crippen LogP contribution in [-0.2, 0) is 30.2 Å². The van der Waals surface area contributed by atoms with Crippen LogP contribution in [0.15, 0.2) is 51.0 Å². The van der Waals surface area contributed by atoms with Gasteiger partial charge in [-0.25, -0.2) is 9.78 Å². The number of hydrogen-bond donors (Lipinski definition) is 0. The smallest absolute Gasteiger partial charge is 0.332 e. The fraction of sp³-hybridized carbons (Fsp3) is 0.333. The molecule has 0 N–H and O–H groups in total. The van der Waals surface area contributed by atoms with Crippen LogP contribution in [0.3, 0.4) is 0 Å². The van der Waals surface area contributed by atoms with E-state index < -0.39 is 11.2 Å². The molecule has 0 aliphatic carbocycles. The number of carbonyl (C=O) groups excluding carboxylic acids is 1. The Hall–Kier alpha value is -2.87. The van der Waals surface area contributed by atoms with Gasteiger partial charge in [-0.3, -0.25) is 18.7 Å². The Bertz CT molecular complexity index is 1170. The van der Waals surface area contributed by atoms with Crippen LogP contribution in [0.4, 0.5) is 0 Å². The molecule has 3 aromatic rings. The summed E-state index contributed by atoms with van der Waals surface area (Å²) in [6.45, 7) is 4.19. The van der Waals surface area contributed by atoms with E-state index in [1.54, 1.807) is 13.2 Å². The molecule has 0 unspecified atom stereocenters. The van der Waals surface area contributed by atoms with Crippen molar-refractivity contribution in [1.29, 1.82) is 0 Å². The van der Waals surface area contributed by atoms with Crippen LogP contribution in [0.25, 0.3) is 11.0 Å². The summed E-state index contributed by atoms with van der Waals surface area (Å²) in [5, 5.41) is 0.349. The first kappa shape index (κ1) is 20.9. The number of fused-ring (bicyclic) bond motifs is 1. The summed E-state index contributed by atoms with van der Waals surface area (Å²) in [4.78, 5) is 42.4. The van der Waals surface area contributed by atoms with Crippen molar-refractivity contribution in [3.05, 3.63) is 68.5 Å². The average molecular weight is 413 g/mol. The van der Waals surface area contributed by atoms with Gasteiger partial charge in [0.05, 0.1) is 11.1 Å². The van der Waals surface area contributed by atoms with Crippen LogP contribution in [-0.4, -0.2) is 25.8 Å². The molecule has 2 heterocycles. The molecule has 0 radical (unpaired) electrons. The van der Waals surface area contributed by atoms with Crippen molar-refractivity contribution in [3.8, 4) is 0 Å². The molecule has 0 aliphatic heterocycles. The summed E-state index contributed by atoms with van der Waals surface area (Å²) in [5.74, 6) is -0.227. The second-order valence-electron chi connectivity index (χ2n) is 7.04. The number of rotatable bonds is 6. The molecule has 29 heavy (non-hydrogen) atoms. The van der Waals surface area contributed by atoms with Crippen LogP contribution in [0, 0.1) is 0 Å². The highest BCUT2D eigenvalue weighted by molar-refractivity contribution is 8.00. The summed E-state index contributed by atoms with van der Waals surface area (Å²) in [6, 6.07) is 9.44. The van der Waals surface area contributed by atoms with Crippen molar-refractivity contribution in [1.82, 2.24) is 14.1 Å². The molecule has 1 aromatic carbocycles. The molecule has 7 nitrogen and oxygen atoms in total. The number of aryl methyl sites for hydroxylation is 1. The molecule has 0 aliphatic rings. The number of esters is 1. The topological polar surface area (TPSA) is 83.2 Å². The van der Waals surface area contributed by atoms with Gasteiger partial charge in [0.1, 0.15) is 12.3 Å². The molecule has 0 atom stereocenters. The molecular weight excluding hydrogens is 390 g/mol. The third kappa shape index (κ3) is 4.27. The van der Waals surface area contributed by atoms with E-state index in [0.717, 1.165) is 15.7 Å². The zero-order valence-electron chi connectivity index (χ0n) is 16.8. The van der Waals surface area contributed by atoms with Crippen LogP contribution >= 0.6 is 11.8 Å². The Morgan fingerprint density at radius 1 is 1.14 bits per heavy atom. The van der Waals surface area contributed by atoms with Gasteiger partial charge < -0.3 is 4.74 Å². The fourth-order valence-corrected chi connectivity index (χ4v) is 4.12. The normalized spacial score (nSPS) is 11.2. The van der Waals surface area contributed by atoms with Gasteiger partial charge in [0.15, 0.2) is 0 Å². The molecule has 0 bridgehead atoms. The van der Waals surface area contributed by atoms with Crippen LogP contribution < -0.4 is 11.2 Å². The number of ether oxygens (including phenoxy) is 1. The molecule has 3 rings (SSSR count). The van der Waals surface area contributed by atoms with E-state index in [9.17, 15) is 14.4 Å². The number of aromatic nitrogens is 3. The van der Waals surface area contributed by atoms with E-state index in [2.05, 4.69) is 4.98 Å². The number of nitrogens with zero attached hydrogens (tertiary/aromatic N) is 3. The molecule has 2 aromatic heterocycles. The molecule has 0 spiro atoms. The van der Waals surface area contributed by atoms with Crippen molar-refractivity contribution in [3.63, 3.8) is 0 Å². The number of carbonyl (C=O) groups is 1. The second-order valence-corrected chi connectivity index (χ2v) is 8.02. The van der Waals surface area contributed by atoms with Crippen molar-refractivity contribution in [2.75, 3.05) is 5.75 Å². The summed E-state index contributed by atoms with van der Waals surface area (Å²) in [5.41, 5.74) is 1.22. The highest BCUT2D eigenvalue weighted by atomic mass is 32.2. The van der Waals surface area contributed by atoms with E-state index >= 15 is 0 Å². The van der Waals surface area contributed by atoms with Gasteiger partial charge in [-0.05, 0) is 17.0 Å². The number of thioether (sulfide) groups is 1. The molecule has 0 saturated carbocycles. The number of benzene rings is 1. The maximum absolute atomic E-state index is 12.8. The van der Waals surface area contributed by atoms with Crippen molar-refractivity contribution >= 4 is 28.8 Å². The number of pyridine rings is 1. The summed E-state index contributed by atoms with van der Waals surface area (Å²) < 4.78 is 7.75. The summed E-state index contributed by atoms with van der Waals surface area (Å²) in [7, 11) is 3.02. The maximum Gasteiger partial charge on any atom is 0.332 e. The molecule has 0 fully saturated rings. The highest BCUT2D eigenvalue weighted by Crippen LogP contribution is 2.32. The van der Waals surface area contributed by atoms with Gasteiger partial charge in [-0.15, -0.1) is 11.8 Å². The molecule has 8 heteroatoms. The Balaban J connectivity index is 1.93. The lowest BCUT2D eigenvalue weighted by Crippen LogP contribution is -2.37. The van der Waals surface area contributed by atoms with E-state index in [1.807, 2.05) is 44.2 Å². The summed E-state index contributed by atoms with van der Waals surface area (Å²) in [6.07, 6.45) is 1.67. The largest absolute Gasteiger partial charge is 0.460 e. The minimum Gasteiger partial charge on any atom is -0.460 e. The standard InChI is InChI=1S/C21H23N3O4S/c1-13(2)15-10-22-19-17(20(26)24(4)21(27)23(19)3)18(15)29-12-16(25)28-11-14-8-6-5-7-9-14/h5-10,13H,11-12H2,1-4H3. The van der Waals surface area contributed by atoms with E-state index in [1.165, 1.54) is 23.4 Å².